The van der Waals surface area contributed by atoms with E-state index >= 15 is 0 Å². The summed E-state index contributed by atoms with van der Waals surface area (Å²) in [4.78, 5) is 22.1. The zero-order chi connectivity index (χ0) is 16.5. The smallest absolute Gasteiger partial charge is 0.303 e. The molecule has 0 aliphatic heterocycles. The molecule has 0 aliphatic carbocycles. The molecule has 0 spiro atoms. The number of hydrogen-bond donors (Lipinski definition) is 2. The highest BCUT2D eigenvalue weighted by molar-refractivity contribution is 6.32. The molecule has 0 unspecified atom stereocenters. The van der Waals surface area contributed by atoms with Gasteiger partial charge in [0.15, 0.2) is 0 Å². The molecule has 0 fully saturated rings. The summed E-state index contributed by atoms with van der Waals surface area (Å²) >= 11 is 6.12. The predicted molar refractivity (Wildman–Crippen MR) is 86.5 cm³/mol. The molecular weight excluding hydrogens is 306 g/mol. The average molecular weight is 328 g/mol. The number of aliphatic carboxylic acids is 1. The van der Waals surface area contributed by atoms with Crippen molar-refractivity contribution in [1.29, 1.82) is 0 Å². The highest BCUT2D eigenvalue weighted by Crippen LogP contribution is 2.28. The first kappa shape index (κ1) is 18.3. The van der Waals surface area contributed by atoms with Gasteiger partial charge >= 0.3 is 5.97 Å². The van der Waals surface area contributed by atoms with Crippen LogP contribution in [0.15, 0.2) is 18.2 Å². The summed E-state index contributed by atoms with van der Waals surface area (Å²) in [7, 11) is 0. The van der Waals surface area contributed by atoms with Crippen LogP contribution in [-0.2, 0) is 9.59 Å². The molecule has 1 aromatic carbocycles. The number of hydrogen-bond acceptors (Lipinski definition) is 3. The van der Waals surface area contributed by atoms with Gasteiger partial charge < -0.3 is 15.2 Å². The van der Waals surface area contributed by atoms with Crippen LogP contribution in [0.4, 0.5) is 5.69 Å². The molecule has 1 aromatic rings. The molecule has 1 rings (SSSR count). The van der Waals surface area contributed by atoms with Gasteiger partial charge in [-0.25, -0.2) is 0 Å². The number of amides is 1. The Bertz CT molecular complexity index is 517. The Kier molecular flexibility index (Phi) is 7.74. The van der Waals surface area contributed by atoms with E-state index in [1.807, 2.05) is 13.8 Å². The van der Waals surface area contributed by atoms with Crippen molar-refractivity contribution in [1.82, 2.24) is 0 Å². The van der Waals surface area contributed by atoms with E-state index in [1.54, 1.807) is 18.2 Å². The Hall–Kier alpha value is -1.75. The van der Waals surface area contributed by atoms with Gasteiger partial charge in [0.2, 0.25) is 5.91 Å². The topological polar surface area (TPSA) is 75.6 Å². The zero-order valence-electron chi connectivity index (χ0n) is 12.9. The summed E-state index contributed by atoms with van der Waals surface area (Å²) < 4.78 is 5.56. The lowest BCUT2D eigenvalue weighted by Crippen LogP contribution is -2.11. The molecule has 122 valence electrons. The fourth-order valence-corrected chi connectivity index (χ4v) is 1.97. The van der Waals surface area contributed by atoms with Crippen LogP contribution >= 0.6 is 11.6 Å². The van der Waals surface area contributed by atoms with Crippen molar-refractivity contribution in [3.8, 4) is 5.75 Å². The maximum atomic E-state index is 11.7. The first-order valence-corrected chi connectivity index (χ1v) is 7.70. The second-order valence-corrected chi connectivity index (χ2v) is 5.91. The maximum Gasteiger partial charge on any atom is 0.303 e. The number of rotatable bonds is 9. The molecule has 0 saturated carbocycles. The number of unbranched alkanes of at least 4 members (excludes halogenated alkanes) is 1. The molecular formula is C16H22ClNO4. The lowest BCUT2D eigenvalue weighted by Gasteiger charge is -2.12. The van der Waals surface area contributed by atoms with E-state index in [-0.39, 0.29) is 18.7 Å². The fraction of sp³-hybridized carbons (Fsp3) is 0.500. The Morgan fingerprint density at radius 3 is 2.55 bits per heavy atom. The van der Waals surface area contributed by atoms with E-state index in [2.05, 4.69) is 5.32 Å². The largest absolute Gasteiger partial charge is 0.492 e. The Morgan fingerprint density at radius 1 is 1.27 bits per heavy atom. The third-order valence-electron chi connectivity index (χ3n) is 2.83. The van der Waals surface area contributed by atoms with Crippen LogP contribution in [0, 0.1) is 5.92 Å². The molecule has 22 heavy (non-hydrogen) atoms. The SMILES string of the molecule is CC(C)COc1ccc(NC(=O)CCCCC(=O)O)cc1Cl. The van der Waals surface area contributed by atoms with Gasteiger partial charge in [0.25, 0.3) is 0 Å². The van der Waals surface area contributed by atoms with Crippen LogP contribution < -0.4 is 10.1 Å². The number of ether oxygens (including phenoxy) is 1. The minimum absolute atomic E-state index is 0.0843. The monoisotopic (exact) mass is 327 g/mol. The van der Waals surface area contributed by atoms with Crippen molar-refractivity contribution in [2.24, 2.45) is 5.92 Å². The van der Waals surface area contributed by atoms with Gasteiger partial charge in [-0.2, -0.15) is 0 Å². The van der Waals surface area contributed by atoms with Crippen LogP contribution in [0.1, 0.15) is 39.5 Å². The number of nitrogens with one attached hydrogen (secondary N) is 1. The number of carboxylic acids is 1. The zero-order valence-corrected chi connectivity index (χ0v) is 13.7. The highest BCUT2D eigenvalue weighted by Gasteiger charge is 2.07. The second-order valence-electron chi connectivity index (χ2n) is 5.50. The highest BCUT2D eigenvalue weighted by atomic mass is 35.5. The molecule has 0 bridgehead atoms. The van der Waals surface area contributed by atoms with E-state index in [0.717, 1.165) is 0 Å². The molecule has 0 radical (unpaired) electrons. The molecule has 0 aromatic heterocycles. The van der Waals surface area contributed by atoms with Gasteiger partial charge in [0, 0.05) is 18.5 Å². The third kappa shape index (κ3) is 7.31. The third-order valence-corrected chi connectivity index (χ3v) is 3.13. The van der Waals surface area contributed by atoms with Gasteiger partial charge in [-0.05, 0) is 37.0 Å². The van der Waals surface area contributed by atoms with Gasteiger partial charge in [-0.3, -0.25) is 9.59 Å². The molecule has 0 atom stereocenters. The predicted octanol–water partition coefficient (Wildman–Crippen LogP) is 3.96. The van der Waals surface area contributed by atoms with Crippen LogP contribution in [0.25, 0.3) is 0 Å². The Labute approximate surface area is 135 Å². The van der Waals surface area contributed by atoms with Crippen molar-refractivity contribution in [2.45, 2.75) is 39.5 Å². The maximum absolute atomic E-state index is 11.7. The summed E-state index contributed by atoms with van der Waals surface area (Å²) in [5.74, 6) is -0.00227. The van der Waals surface area contributed by atoms with E-state index in [0.29, 0.717) is 41.8 Å². The Morgan fingerprint density at radius 2 is 1.95 bits per heavy atom. The number of carboxylic acid groups (broad SMARTS) is 1. The summed E-state index contributed by atoms with van der Waals surface area (Å²) in [5, 5.41) is 11.7. The first-order valence-electron chi connectivity index (χ1n) is 7.32. The number of benzene rings is 1. The molecule has 0 aliphatic rings. The molecule has 2 N–H and O–H groups in total. The van der Waals surface area contributed by atoms with Gasteiger partial charge in [-0.1, -0.05) is 25.4 Å². The fourth-order valence-electron chi connectivity index (χ4n) is 1.74. The van der Waals surface area contributed by atoms with Crippen molar-refractivity contribution in [3.05, 3.63) is 23.2 Å². The first-order chi connectivity index (χ1) is 10.4. The normalized spacial score (nSPS) is 10.5. The minimum atomic E-state index is -0.843. The summed E-state index contributed by atoms with van der Waals surface area (Å²) in [5.41, 5.74) is 0.602. The molecule has 1 amide bonds. The van der Waals surface area contributed by atoms with E-state index < -0.39 is 5.97 Å². The second kappa shape index (κ2) is 9.30. The molecule has 6 heteroatoms. The molecule has 5 nitrogen and oxygen atoms in total. The van der Waals surface area contributed by atoms with Crippen molar-refractivity contribution in [3.63, 3.8) is 0 Å². The van der Waals surface area contributed by atoms with Crippen LogP contribution in [0.2, 0.25) is 5.02 Å². The Balaban J connectivity index is 2.44. The van der Waals surface area contributed by atoms with E-state index in [1.165, 1.54) is 0 Å². The lowest BCUT2D eigenvalue weighted by atomic mass is 10.2. The van der Waals surface area contributed by atoms with Crippen LogP contribution in [0.3, 0.4) is 0 Å². The standard InChI is InChI=1S/C16H22ClNO4/c1-11(2)10-22-14-8-7-12(9-13(14)17)18-15(19)5-3-4-6-16(20)21/h7-9,11H,3-6,10H2,1-2H3,(H,18,19)(H,20,21). The lowest BCUT2D eigenvalue weighted by molar-refractivity contribution is -0.137. The average Bonchev–Trinajstić information content (AvgIpc) is 2.42. The summed E-state index contributed by atoms with van der Waals surface area (Å²) in [6, 6.07) is 5.10. The van der Waals surface area contributed by atoms with Crippen LogP contribution in [-0.4, -0.2) is 23.6 Å². The summed E-state index contributed by atoms with van der Waals surface area (Å²) in [6.45, 7) is 4.68. The molecule has 0 saturated heterocycles. The number of carbonyl (C=O) groups is 2. The van der Waals surface area contributed by atoms with E-state index in [4.69, 9.17) is 21.4 Å². The quantitative estimate of drug-likeness (QED) is 0.673. The van der Waals surface area contributed by atoms with Crippen molar-refractivity contribution < 1.29 is 19.4 Å². The van der Waals surface area contributed by atoms with E-state index in [9.17, 15) is 9.59 Å². The van der Waals surface area contributed by atoms with Crippen molar-refractivity contribution >= 4 is 29.2 Å². The summed E-state index contributed by atoms with van der Waals surface area (Å²) in [6.07, 6.45) is 1.41. The van der Waals surface area contributed by atoms with Crippen LogP contribution in [0.5, 0.6) is 5.75 Å². The molecule has 0 heterocycles. The minimum Gasteiger partial charge on any atom is -0.492 e. The number of anilines is 1. The number of carbonyl (C=O) groups excluding carboxylic acids is 1. The van der Waals surface area contributed by atoms with Crippen molar-refractivity contribution in [2.75, 3.05) is 11.9 Å². The van der Waals surface area contributed by atoms with Gasteiger partial charge in [0.1, 0.15) is 5.75 Å². The number of halogens is 1. The van der Waals surface area contributed by atoms with Gasteiger partial charge in [0.05, 0.1) is 11.6 Å². The van der Waals surface area contributed by atoms with Gasteiger partial charge in [-0.15, -0.1) is 0 Å².